The van der Waals surface area contributed by atoms with Crippen molar-refractivity contribution in [2.45, 2.75) is 0 Å². The third-order valence-electron chi connectivity index (χ3n) is 0.826. The van der Waals surface area contributed by atoms with Gasteiger partial charge in [0.2, 0.25) is 0 Å². The second-order valence-electron chi connectivity index (χ2n) is 1.98. The smallest absolute Gasteiger partial charge is 0.198 e. The molecule has 0 saturated carbocycles. The molecule has 0 aromatic rings. The number of halogens is 1. The van der Waals surface area contributed by atoms with Crippen LogP contribution in [-0.4, -0.2) is 35.7 Å². The van der Waals surface area contributed by atoms with E-state index in [0.29, 0.717) is 10.2 Å². The standard InChI is InChI=1S/C5H9IO3S2/c1-11(8,9)3-2-10-5(7)4-6/h2-4H2,1H3. The van der Waals surface area contributed by atoms with Gasteiger partial charge < -0.3 is 0 Å². The van der Waals surface area contributed by atoms with Gasteiger partial charge in [0.1, 0.15) is 9.84 Å². The molecule has 3 nitrogen and oxygen atoms in total. The zero-order chi connectivity index (χ0) is 8.91. The van der Waals surface area contributed by atoms with E-state index in [-0.39, 0.29) is 10.9 Å². The monoisotopic (exact) mass is 308 g/mol. The molecule has 0 fully saturated rings. The van der Waals surface area contributed by atoms with E-state index >= 15 is 0 Å². The van der Waals surface area contributed by atoms with Crippen LogP contribution in [0.3, 0.4) is 0 Å². The Kier molecular flexibility index (Phi) is 5.71. The third kappa shape index (κ3) is 8.61. The van der Waals surface area contributed by atoms with Crippen LogP contribution in [0.5, 0.6) is 0 Å². The number of rotatable bonds is 4. The Morgan fingerprint density at radius 2 is 2.09 bits per heavy atom. The molecule has 0 N–H and O–H groups in total. The van der Waals surface area contributed by atoms with Crippen molar-refractivity contribution in [1.29, 1.82) is 0 Å². The summed E-state index contributed by atoms with van der Waals surface area (Å²) in [5, 5.41) is 0.0363. The molecule has 66 valence electrons. The molecule has 0 aromatic carbocycles. The Bertz CT molecular complexity index is 222. The molecule has 0 spiro atoms. The lowest BCUT2D eigenvalue weighted by molar-refractivity contribution is -0.108. The summed E-state index contributed by atoms with van der Waals surface area (Å²) < 4.78 is 21.6. The highest BCUT2D eigenvalue weighted by Gasteiger charge is 2.04. The van der Waals surface area contributed by atoms with E-state index in [1.165, 1.54) is 6.26 Å². The van der Waals surface area contributed by atoms with Gasteiger partial charge >= 0.3 is 0 Å². The van der Waals surface area contributed by atoms with Crippen molar-refractivity contribution < 1.29 is 13.2 Å². The quantitative estimate of drug-likeness (QED) is 0.567. The molecular weight excluding hydrogens is 299 g/mol. The average Bonchev–Trinajstić information content (AvgIpc) is 1.85. The van der Waals surface area contributed by atoms with Crippen LogP contribution in [0.25, 0.3) is 0 Å². The van der Waals surface area contributed by atoms with Gasteiger partial charge in [-0.15, -0.1) is 0 Å². The van der Waals surface area contributed by atoms with Crippen LogP contribution in [0.15, 0.2) is 0 Å². The van der Waals surface area contributed by atoms with Crippen LogP contribution < -0.4 is 0 Å². The predicted molar refractivity (Wildman–Crippen MR) is 56.1 cm³/mol. The van der Waals surface area contributed by atoms with Crippen molar-refractivity contribution in [3.63, 3.8) is 0 Å². The summed E-state index contributed by atoms with van der Waals surface area (Å²) in [6.45, 7) is 0. The first-order valence-electron chi connectivity index (χ1n) is 2.85. The Hall–Kier alpha value is 0.700. The molecule has 0 radical (unpaired) electrons. The normalized spacial score (nSPS) is 11.5. The van der Waals surface area contributed by atoms with Gasteiger partial charge in [-0.2, -0.15) is 0 Å². The van der Waals surface area contributed by atoms with Gasteiger partial charge in [-0.05, 0) is 0 Å². The summed E-state index contributed by atoms with van der Waals surface area (Å²) in [5.41, 5.74) is 0. The summed E-state index contributed by atoms with van der Waals surface area (Å²) in [4.78, 5) is 10.7. The molecule has 0 amide bonds. The highest BCUT2D eigenvalue weighted by Crippen LogP contribution is 2.04. The summed E-state index contributed by atoms with van der Waals surface area (Å²) in [5.74, 6) is 0.459. The molecular formula is C5H9IO3S2. The van der Waals surface area contributed by atoms with E-state index in [9.17, 15) is 13.2 Å². The SMILES string of the molecule is CS(=O)(=O)CCSC(=O)CI. The Morgan fingerprint density at radius 3 is 2.45 bits per heavy atom. The van der Waals surface area contributed by atoms with Crippen LogP contribution >= 0.6 is 34.4 Å². The lowest BCUT2D eigenvalue weighted by Gasteiger charge is -1.95. The van der Waals surface area contributed by atoms with E-state index in [0.717, 1.165) is 11.8 Å². The van der Waals surface area contributed by atoms with Crippen LogP contribution in [0.2, 0.25) is 0 Å². The molecule has 0 aliphatic heterocycles. The predicted octanol–water partition coefficient (Wildman–Crippen LogP) is 0.726. The molecule has 11 heavy (non-hydrogen) atoms. The minimum Gasteiger partial charge on any atom is -0.286 e. The van der Waals surface area contributed by atoms with Gasteiger partial charge in [-0.25, -0.2) is 8.42 Å². The Labute approximate surface area is 84.4 Å². The van der Waals surface area contributed by atoms with E-state index in [4.69, 9.17) is 0 Å². The fourth-order valence-electron chi connectivity index (χ4n) is 0.345. The van der Waals surface area contributed by atoms with Gasteiger partial charge in [0.15, 0.2) is 5.12 Å². The largest absolute Gasteiger partial charge is 0.286 e. The Balaban J connectivity index is 3.51. The number of carbonyl (C=O) groups excluding carboxylic acids is 1. The molecule has 0 atom stereocenters. The maximum Gasteiger partial charge on any atom is 0.198 e. The van der Waals surface area contributed by atoms with Gasteiger partial charge in [-0.1, -0.05) is 34.4 Å². The minimum absolute atomic E-state index is 0.0363. The molecule has 0 unspecified atom stereocenters. The number of sulfone groups is 1. The molecule has 0 rings (SSSR count). The van der Waals surface area contributed by atoms with Crippen LogP contribution in [0.1, 0.15) is 0 Å². The highest BCUT2D eigenvalue weighted by atomic mass is 127. The Morgan fingerprint density at radius 1 is 1.55 bits per heavy atom. The van der Waals surface area contributed by atoms with Crippen LogP contribution in [0, 0.1) is 0 Å². The van der Waals surface area contributed by atoms with Crippen molar-refractivity contribution in [1.82, 2.24) is 0 Å². The van der Waals surface area contributed by atoms with Crippen molar-refractivity contribution in [2.75, 3.05) is 22.2 Å². The summed E-state index contributed by atoms with van der Waals surface area (Å²) in [6.07, 6.45) is 1.17. The second-order valence-corrected chi connectivity index (χ2v) is 6.16. The number of hydrogen-bond acceptors (Lipinski definition) is 4. The topological polar surface area (TPSA) is 51.2 Å². The average molecular weight is 308 g/mol. The molecule has 0 heterocycles. The maximum absolute atomic E-state index is 10.7. The van der Waals surface area contributed by atoms with Crippen molar-refractivity contribution in [2.24, 2.45) is 0 Å². The fourth-order valence-corrected chi connectivity index (χ4v) is 2.86. The van der Waals surface area contributed by atoms with Crippen LogP contribution in [-0.2, 0) is 14.6 Å². The second kappa shape index (κ2) is 5.36. The number of carbonyl (C=O) groups is 1. The summed E-state index contributed by atoms with van der Waals surface area (Å²) >= 11 is 3.03. The lowest BCUT2D eigenvalue weighted by atomic mass is 10.9. The number of alkyl halides is 1. The van der Waals surface area contributed by atoms with E-state index < -0.39 is 9.84 Å². The van der Waals surface area contributed by atoms with Crippen LogP contribution in [0.4, 0.5) is 0 Å². The molecule has 6 heteroatoms. The first-order valence-corrected chi connectivity index (χ1v) is 7.42. The van der Waals surface area contributed by atoms with E-state index in [1.54, 1.807) is 0 Å². The van der Waals surface area contributed by atoms with E-state index in [1.807, 2.05) is 22.6 Å². The lowest BCUT2D eigenvalue weighted by Crippen LogP contribution is -2.07. The summed E-state index contributed by atoms with van der Waals surface area (Å²) in [6, 6.07) is 0. The van der Waals surface area contributed by atoms with Crippen molar-refractivity contribution in [3.8, 4) is 0 Å². The minimum atomic E-state index is -2.90. The summed E-state index contributed by atoms with van der Waals surface area (Å²) in [7, 11) is -2.90. The van der Waals surface area contributed by atoms with Gasteiger partial charge in [0.25, 0.3) is 0 Å². The fraction of sp³-hybridized carbons (Fsp3) is 0.800. The first-order chi connectivity index (χ1) is 4.95. The molecule has 0 saturated heterocycles. The van der Waals surface area contributed by atoms with Gasteiger partial charge in [-0.3, -0.25) is 4.79 Å². The van der Waals surface area contributed by atoms with E-state index in [2.05, 4.69) is 0 Å². The molecule has 0 aliphatic carbocycles. The molecule has 0 bridgehead atoms. The van der Waals surface area contributed by atoms with Gasteiger partial charge in [0, 0.05) is 12.0 Å². The molecule has 0 aromatic heterocycles. The number of hydrogen-bond donors (Lipinski definition) is 0. The third-order valence-corrected chi connectivity index (χ3v) is 4.12. The van der Waals surface area contributed by atoms with Crippen molar-refractivity contribution in [3.05, 3.63) is 0 Å². The zero-order valence-corrected chi connectivity index (χ0v) is 9.83. The maximum atomic E-state index is 10.7. The zero-order valence-electron chi connectivity index (χ0n) is 6.04. The van der Waals surface area contributed by atoms with Crippen molar-refractivity contribution >= 4 is 49.3 Å². The molecule has 0 aliphatic rings. The highest BCUT2D eigenvalue weighted by molar-refractivity contribution is 14.1. The first kappa shape index (κ1) is 11.7. The van der Waals surface area contributed by atoms with Gasteiger partial charge in [0.05, 0.1) is 10.2 Å². The number of thioether (sulfide) groups is 1.